The first-order chi connectivity index (χ1) is 17.4. The van der Waals surface area contributed by atoms with Crippen molar-refractivity contribution in [3.63, 3.8) is 0 Å². The molecule has 37 heavy (non-hydrogen) atoms. The van der Waals surface area contributed by atoms with Gasteiger partial charge in [-0.1, -0.05) is 79.4 Å². The van der Waals surface area contributed by atoms with Crippen molar-refractivity contribution in [2.75, 3.05) is 6.54 Å². The van der Waals surface area contributed by atoms with E-state index in [2.05, 4.69) is 59.9 Å². The molecule has 3 rings (SSSR count). The highest BCUT2D eigenvalue weighted by atomic mass is 16.6. The fraction of sp³-hybridized carbons (Fsp3) is 0.909. The Labute approximate surface area is 228 Å². The lowest BCUT2D eigenvalue weighted by Crippen LogP contribution is -2.48. The molecule has 0 saturated heterocycles. The molecular formula is C33H59NO3. The fourth-order valence-electron chi connectivity index (χ4n) is 9.02. The zero-order chi connectivity index (χ0) is 27.4. The summed E-state index contributed by atoms with van der Waals surface area (Å²) in [6.45, 7) is 19.2. The molecule has 2 fully saturated rings. The summed E-state index contributed by atoms with van der Waals surface area (Å²) in [5.41, 5.74) is 2.26. The zero-order valence-electron chi connectivity index (χ0n) is 25.4. The normalized spacial score (nSPS) is 35.0. The van der Waals surface area contributed by atoms with Gasteiger partial charge >= 0.3 is 6.09 Å². The lowest BCUT2D eigenvalue weighted by atomic mass is 9.48. The van der Waals surface area contributed by atoms with Gasteiger partial charge in [0.05, 0.1) is 6.10 Å². The second kappa shape index (κ2) is 12.9. The summed E-state index contributed by atoms with van der Waals surface area (Å²) in [6, 6.07) is 0. The van der Waals surface area contributed by atoms with Crippen LogP contribution in [0.1, 0.15) is 126 Å². The van der Waals surface area contributed by atoms with Gasteiger partial charge < -0.3 is 15.2 Å². The second-order valence-corrected chi connectivity index (χ2v) is 14.1. The molecule has 2 unspecified atom stereocenters. The topological polar surface area (TPSA) is 58.6 Å². The van der Waals surface area contributed by atoms with Gasteiger partial charge in [-0.2, -0.15) is 0 Å². The highest BCUT2D eigenvalue weighted by molar-refractivity contribution is 5.67. The highest BCUT2D eigenvalue weighted by Gasteiger charge is 2.52. The summed E-state index contributed by atoms with van der Waals surface area (Å²) in [7, 11) is 0. The Hall–Kier alpha value is -1.03. The maximum absolute atomic E-state index is 12.2. The van der Waals surface area contributed by atoms with Crippen LogP contribution in [0.15, 0.2) is 11.6 Å². The summed E-state index contributed by atoms with van der Waals surface area (Å²) < 4.78 is 5.74. The van der Waals surface area contributed by atoms with Gasteiger partial charge in [0.1, 0.15) is 6.10 Å². The average molecular weight is 518 g/mol. The van der Waals surface area contributed by atoms with Crippen LogP contribution >= 0.6 is 0 Å². The largest absolute Gasteiger partial charge is 0.446 e. The molecule has 9 atom stereocenters. The van der Waals surface area contributed by atoms with Crippen LogP contribution in [0.4, 0.5) is 4.79 Å². The summed E-state index contributed by atoms with van der Waals surface area (Å²) >= 11 is 0. The number of amides is 1. The maximum Gasteiger partial charge on any atom is 0.407 e. The number of ether oxygens (including phenoxy) is 1. The van der Waals surface area contributed by atoms with E-state index < -0.39 is 12.2 Å². The van der Waals surface area contributed by atoms with Gasteiger partial charge in [-0.25, -0.2) is 4.79 Å². The smallest absolute Gasteiger partial charge is 0.407 e. The van der Waals surface area contributed by atoms with E-state index in [0.29, 0.717) is 5.41 Å². The molecule has 2 saturated carbocycles. The predicted octanol–water partition coefficient (Wildman–Crippen LogP) is 8.53. The highest BCUT2D eigenvalue weighted by Crippen LogP contribution is 2.61. The third-order valence-electron chi connectivity index (χ3n) is 11.3. The molecule has 0 spiro atoms. The fourth-order valence-corrected chi connectivity index (χ4v) is 9.02. The number of aliphatic hydroxyl groups excluding tert-OH is 1. The first kappa shape index (κ1) is 30.5. The van der Waals surface area contributed by atoms with E-state index in [4.69, 9.17) is 4.74 Å². The summed E-state index contributed by atoms with van der Waals surface area (Å²) in [6.07, 6.45) is 15.2. The molecule has 4 nitrogen and oxygen atoms in total. The minimum atomic E-state index is -0.555. The molecule has 0 aliphatic heterocycles. The van der Waals surface area contributed by atoms with Crippen LogP contribution < -0.4 is 5.32 Å². The number of hydrogen-bond acceptors (Lipinski definition) is 3. The van der Waals surface area contributed by atoms with Gasteiger partial charge in [0, 0.05) is 13.0 Å². The van der Waals surface area contributed by atoms with E-state index in [9.17, 15) is 9.90 Å². The van der Waals surface area contributed by atoms with E-state index >= 15 is 0 Å². The van der Waals surface area contributed by atoms with Crippen LogP contribution in [0.25, 0.3) is 0 Å². The predicted molar refractivity (Wildman–Crippen MR) is 154 cm³/mol. The van der Waals surface area contributed by atoms with E-state index in [1.54, 1.807) is 6.92 Å². The lowest BCUT2D eigenvalue weighted by molar-refractivity contribution is -0.0378. The number of allylic oxidation sites excluding steroid dienone is 1. The molecule has 0 aromatic rings. The number of nitrogens with one attached hydrogen (secondary N) is 1. The quantitative estimate of drug-likeness (QED) is 0.270. The molecular weight excluding hydrogens is 458 g/mol. The Bertz CT molecular complexity index is 776. The molecule has 3 aliphatic carbocycles. The van der Waals surface area contributed by atoms with Crippen LogP contribution in [0.3, 0.4) is 0 Å². The molecule has 0 aromatic carbocycles. The maximum atomic E-state index is 12.2. The van der Waals surface area contributed by atoms with Crippen molar-refractivity contribution in [1.82, 2.24) is 5.32 Å². The van der Waals surface area contributed by atoms with E-state index in [0.717, 1.165) is 54.8 Å². The van der Waals surface area contributed by atoms with Crippen LogP contribution in [0.5, 0.6) is 0 Å². The molecule has 4 heteroatoms. The molecule has 0 bridgehead atoms. The number of carbonyl (C=O) groups is 1. The number of rotatable bonds is 11. The lowest BCUT2D eigenvalue weighted by Gasteiger charge is -2.57. The van der Waals surface area contributed by atoms with Crippen LogP contribution in [0, 0.1) is 46.3 Å². The Morgan fingerprint density at radius 1 is 1.11 bits per heavy atom. The Balaban J connectivity index is 1.62. The molecule has 2 N–H and O–H groups in total. The molecule has 0 heterocycles. The first-order valence-electron chi connectivity index (χ1n) is 15.8. The Morgan fingerprint density at radius 2 is 1.84 bits per heavy atom. The summed E-state index contributed by atoms with van der Waals surface area (Å²) in [4.78, 5) is 12.2. The summed E-state index contributed by atoms with van der Waals surface area (Å²) in [5, 5.41) is 12.1. The van der Waals surface area contributed by atoms with Crippen molar-refractivity contribution in [3.8, 4) is 0 Å². The minimum absolute atomic E-state index is 0.0400. The van der Waals surface area contributed by atoms with Gasteiger partial charge in [0.15, 0.2) is 0 Å². The number of aliphatic hydroxyl groups is 1. The van der Waals surface area contributed by atoms with E-state index in [-0.39, 0.29) is 18.1 Å². The molecule has 1 amide bonds. The monoisotopic (exact) mass is 517 g/mol. The van der Waals surface area contributed by atoms with Crippen LogP contribution in [-0.2, 0) is 4.74 Å². The standard InChI is InChI=1S/C33H59NO3/c1-9-25(22(3)4)12-11-23(5)29(10-2)32(7)17-16-30-26(20-32)13-14-27-19-28(15-18-33(27,30)8)37-31(36)34-21-24(6)35/h14,22-26,28-30,35H,9-13,15-21H2,1-8H3,(H,34,36)/t23-,24?,25?,26+,28+,29-,30+,32+,33+/m1/s1. The average Bonchev–Trinajstić information content (AvgIpc) is 2.83. The van der Waals surface area contributed by atoms with Gasteiger partial charge in [-0.3, -0.25) is 0 Å². The van der Waals surface area contributed by atoms with Crippen molar-refractivity contribution in [2.45, 2.75) is 138 Å². The first-order valence-corrected chi connectivity index (χ1v) is 15.8. The van der Waals surface area contributed by atoms with Crippen molar-refractivity contribution < 1.29 is 14.6 Å². The van der Waals surface area contributed by atoms with Crippen LogP contribution in [0.2, 0.25) is 0 Å². The molecule has 3 aliphatic rings. The van der Waals surface area contributed by atoms with E-state index in [1.165, 1.54) is 56.9 Å². The van der Waals surface area contributed by atoms with Crippen molar-refractivity contribution in [1.29, 1.82) is 0 Å². The van der Waals surface area contributed by atoms with Gasteiger partial charge in [0.2, 0.25) is 0 Å². The minimum Gasteiger partial charge on any atom is -0.446 e. The molecule has 0 radical (unpaired) electrons. The number of alkyl carbamates (subject to hydrolysis) is 1. The van der Waals surface area contributed by atoms with Gasteiger partial charge in [0.25, 0.3) is 0 Å². The van der Waals surface area contributed by atoms with E-state index in [1.807, 2.05) is 0 Å². The number of fused-ring (bicyclic) bond motifs is 3. The Kier molecular flexibility index (Phi) is 10.6. The van der Waals surface area contributed by atoms with Gasteiger partial charge in [-0.05, 0) is 98.2 Å². The Morgan fingerprint density at radius 3 is 2.46 bits per heavy atom. The van der Waals surface area contributed by atoms with Gasteiger partial charge in [-0.15, -0.1) is 0 Å². The second-order valence-electron chi connectivity index (χ2n) is 14.1. The van der Waals surface area contributed by atoms with Crippen molar-refractivity contribution in [2.24, 2.45) is 46.3 Å². The SMILES string of the molecule is CCC(CC[C@@H](C)[C@@H](CC)[C@@]1(C)CC[C@H]2[C@@H](CC=C3C[C@@H](OC(=O)NCC(C)O)CC[C@@]32C)C1)C(C)C. The number of carbonyl (C=O) groups excluding carboxylic acids is 1. The molecule has 0 aromatic heterocycles. The third kappa shape index (κ3) is 7.14. The molecule has 214 valence electrons. The van der Waals surface area contributed by atoms with Crippen LogP contribution in [-0.4, -0.2) is 30.0 Å². The zero-order valence-corrected chi connectivity index (χ0v) is 25.4. The van der Waals surface area contributed by atoms with Crippen molar-refractivity contribution in [3.05, 3.63) is 11.6 Å². The third-order valence-corrected chi connectivity index (χ3v) is 11.3. The summed E-state index contributed by atoms with van der Waals surface area (Å²) in [5.74, 6) is 4.85. The van der Waals surface area contributed by atoms with Crippen molar-refractivity contribution >= 4 is 6.09 Å². The number of hydrogen-bond donors (Lipinski definition) is 2.